The fourth-order valence-electron chi connectivity index (χ4n) is 1.95. The predicted molar refractivity (Wildman–Crippen MR) is 84.9 cm³/mol. The molecule has 0 saturated carbocycles. The summed E-state index contributed by atoms with van der Waals surface area (Å²) in [7, 11) is 0. The van der Waals surface area contributed by atoms with E-state index in [-0.39, 0.29) is 11.0 Å². The fourth-order valence-corrected chi connectivity index (χ4v) is 2.52. The molecule has 0 aliphatic carbocycles. The van der Waals surface area contributed by atoms with Gasteiger partial charge >= 0.3 is 0 Å². The second-order valence-corrected chi connectivity index (χ2v) is 5.63. The van der Waals surface area contributed by atoms with E-state index in [0.29, 0.717) is 22.8 Å². The van der Waals surface area contributed by atoms with E-state index in [2.05, 4.69) is 17.9 Å². The highest BCUT2D eigenvalue weighted by Crippen LogP contribution is 2.31. The Labute approximate surface area is 128 Å². The summed E-state index contributed by atoms with van der Waals surface area (Å²) in [5.74, 6) is 1.03. The number of halogens is 1. The molecular weight excluding hydrogens is 294 g/mol. The summed E-state index contributed by atoms with van der Waals surface area (Å²) in [5.41, 5.74) is 2.12. The van der Waals surface area contributed by atoms with E-state index in [4.69, 9.17) is 16.0 Å². The molecular formula is C15H16ClNO2S. The van der Waals surface area contributed by atoms with Crippen molar-refractivity contribution < 1.29 is 9.21 Å². The first kappa shape index (κ1) is 15.0. The topological polar surface area (TPSA) is 42.2 Å². The number of carbonyl (C=O) groups is 1. The number of carbonyl (C=O) groups excluding carboxylic acids is 1. The van der Waals surface area contributed by atoms with E-state index < -0.39 is 0 Å². The monoisotopic (exact) mass is 309 g/mol. The number of nitrogens with one attached hydrogen (secondary N) is 1. The van der Waals surface area contributed by atoms with Gasteiger partial charge in [-0.2, -0.15) is 0 Å². The van der Waals surface area contributed by atoms with E-state index in [1.165, 1.54) is 0 Å². The Balaban J connectivity index is 2.31. The van der Waals surface area contributed by atoms with Crippen molar-refractivity contribution in [2.24, 2.45) is 0 Å². The molecule has 1 heterocycles. The summed E-state index contributed by atoms with van der Waals surface area (Å²) in [6.45, 7) is 4.55. The van der Waals surface area contributed by atoms with Gasteiger partial charge in [-0.3, -0.25) is 4.79 Å². The van der Waals surface area contributed by atoms with Crippen LogP contribution in [0.4, 0.5) is 5.69 Å². The lowest BCUT2D eigenvalue weighted by atomic mass is 9.99. The lowest BCUT2D eigenvalue weighted by molar-refractivity contribution is 0.109. The molecule has 1 aromatic heterocycles. The summed E-state index contributed by atoms with van der Waals surface area (Å²) in [6, 6.07) is 7.24. The largest absolute Gasteiger partial charge is 0.467 e. The lowest BCUT2D eigenvalue weighted by Gasteiger charge is -2.15. The van der Waals surface area contributed by atoms with Gasteiger partial charge in [0.2, 0.25) is 5.12 Å². The van der Waals surface area contributed by atoms with Crippen molar-refractivity contribution in [3.63, 3.8) is 0 Å². The van der Waals surface area contributed by atoms with Crippen LogP contribution in [-0.4, -0.2) is 5.12 Å². The minimum absolute atomic E-state index is 0.244. The number of hydrogen-bond acceptors (Lipinski definition) is 3. The Kier molecular flexibility index (Phi) is 4.78. The van der Waals surface area contributed by atoms with Crippen LogP contribution < -0.4 is 5.32 Å². The van der Waals surface area contributed by atoms with Crippen LogP contribution in [0.2, 0.25) is 5.02 Å². The summed E-state index contributed by atoms with van der Waals surface area (Å²) in [4.78, 5) is 11.7. The maximum Gasteiger partial charge on any atom is 0.218 e. The lowest BCUT2D eigenvalue weighted by Crippen LogP contribution is -2.05. The summed E-state index contributed by atoms with van der Waals surface area (Å²) >= 11 is 10.2. The third kappa shape index (κ3) is 3.38. The second kappa shape index (κ2) is 6.37. The molecule has 1 N–H and O–H groups in total. The van der Waals surface area contributed by atoms with Crippen molar-refractivity contribution in [2.75, 3.05) is 5.32 Å². The van der Waals surface area contributed by atoms with E-state index in [0.717, 1.165) is 11.3 Å². The molecule has 0 radical (unpaired) electrons. The first-order chi connectivity index (χ1) is 9.49. The van der Waals surface area contributed by atoms with Crippen molar-refractivity contribution in [3.05, 3.63) is 52.4 Å². The summed E-state index contributed by atoms with van der Waals surface area (Å²) in [6.07, 6.45) is 1.61. The standard InChI is InChI=1S/C15H16ClNO2S/c1-9(2)11-6-12(15(18)20)14(7-13(11)16)17-8-10-4-3-5-19-10/h3-7,9,17H,8H2,1-2H3,(H,18,20). The molecule has 3 nitrogen and oxygen atoms in total. The van der Waals surface area contributed by atoms with E-state index in [1.54, 1.807) is 18.4 Å². The highest BCUT2D eigenvalue weighted by atomic mass is 35.5. The number of furan rings is 1. The third-order valence-corrected chi connectivity index (χ3v) is 3.59. The molecule has 0 amide bonds. The van der Waals surface area contributed by atoms with Gasteiger partial charge in [-0.25, -0.2) is 0 Å². The van der Waals surface area contributed by atoms with Gasteiger partial charge in [-0.15, -0.1) is 12.6 Å². The van der Waals surface area contributed by atoms with Crippen LogP contribution in [0.1, 0.15) is 41.4 Å². The molecule has 0 fully saturated rings. The molecule has 0 atom stereocenters. The van der Waals surface area contributed by atoms with E-state index in [9.17, 15) is 4.79 Å². The molecule has 0 unspecified atom stereocenters. The van der Waals surface area contributed by atoms with E-state index >= 15 is 0 Å². The number of anilines is 1. The van der Waals surface area contributed by atoms with Gasteiger partial charge in [0.25, 0.3) is 0 Å². The molecule has 1 aromatic carbocycles. The van der Waals surface area contributed by atoms with Crippen molar-refractivity contribution in [1.29, 1.82) is 0 Å². The molecule has 106 valence electrons. The molecule has 2 aromatic rings. The Bertz CT molecular complexity index is 609. The van der Waals surface area contributed by atoms with Gasteiger partial charge < -0.3 is 9.73 Å². The minimum atomic E-state index is -0.287. The van der Waals surface area contributed by atoms with Gasteiger partial charge in [0, 0.05) is 10.7 Å². The van der Waals surface area contributed by atoms with Crippen molar-refractivity contribution in [1.82, 2.24) is 0 Å². The normalized spacial score (nSPS) is 10.8. The van der Waals surface area contributed by atoms with Crippen LogP contribution >= 0.6 is 24.2 Å². The molecule has 0 bridgehead atoms. The summed E-state index contributed by atoms with van der Waals surface area (Å²) < 4.78 is 5.25. The SMILES string of the molecule is CC(C)c1cc(C(=O)S)c(NCc2ccco2)cc1Cl. The number of hydrogen-bond donors (Lipinski definition) is 2. The average Bonchev–Trinajstić information content (AvgIpc) is 2.88. The fraction of sp³-hybridized carbons (Fsp3) is 0.267. The van der Waals surface area contributed by atoms with Gasteiger partial charge in [0.1, 0.15) is 5.76 Å². The Morgan fingerprint density at radius 1 is 1.45 bits per heavy atom. The molecule has 0 spiro atoms. The number of benzene rings is 1. The van der Waals surface area contributed by atoms with Crippen LogP contribution in [0.5, 0.6) is 0 Å². The van der Waals surface area contributed by atoms with Crippen molar-refractivity contribution in [2.45, 2.75) is 26.3 Å². The smallest absolute Gasteiger partial charge is 0.218 e. The molecule has 20 heavy (non-hydrogen) atoms. The van der Waals surface area contributed by atoms with Crippen LogP contribution in [0, 0.1) is 0 Å². The first-order valence-corrected chi connectivity index (χ1v) is 7.14. The predicted octanol–water partition coefficient (Wildman–Crippen LogP) is 4.74. The highest BCUT2D eigenvalue weighted by Gasteiger charge is 2.14. The Hall–Kier alpha value is -1.39. The molecule has 2 rings (SSSR count). The highest BCUT2D eigenvalue weighted by molar-refractivity contribution is 7.97. The zero-order valence-corrected chi connectivity index (χ0v) is 13.0. The quantitative estimate of drug-likeness (QED) is 0.784. The molecule has 0 saturated heterocycles. The average molecular weight is 310 g/mol. The third-order valence-electron chi connectivity index (χ3n) is 3.02. The van der Waals surface area contributed by atoms with Gasteiger partial charge in [0.05, 0.1) is 18.4 Å². The zero-order valence-electron chi connectivity index (χ0n) is 11.3. The second-order valence-electron chi connectivity index (χ2n) is 4.81. The van der Waals surface area contributed by atoms with Gasteiger partial charge in [0.15, 0.2) is 0 Å². The Morgan fingerprint density at radius 3 is 2.75 bits per heavy atom. The van der Waals surface area contributed by atoms with E-state index in [1.807, 2.05) is 26.0 Å². The van der Waals surface area contributed by atoms with Crippen LogP contribution in [-0.2, 0) is 6.54 Å². The number of thiol groups is 1. The molecule has 0 aliphatic rings. The molecule has 5 heteroatoms. The van der Waals surface area contributed by atoms with Crippen molar-refractivity contribution >= 4 is 35.0 Å². The number of rotatable bonds is 5. The van der Waals surface area contributed by atoms with Crippen LogP contribution in [0.3, 0.4) is 0 Å². The maximum absolute atomic E-state index is 11.7. The van der Waals surface area contributed by atoms with Crippen molar-refractivity contribution in [3.8, 4) is 0 Å². The maximum atomic E-state index is 11.7. The minimum Gasteiger partial charge on any atom is -0.467 e. The van der Waals surface area contributed by atoms with Gasteiger partial charge in [-0.05, 0) is 35.7 Å². The van der Waals surface area contributed by atoms with Crippen LogP contribution in [0.15, 0.2) is 34.9 Å². The zero-order chi connectivity index (χ0) is 14.7. The Morgan fingerprint density at radius 2 is 2.20 bits per heavy atom. The first-order valence-electron chi connectivity index (χ1n) is 6.32. The van der Waals surface area contributed by atoms with Crippen LogP contribution in [0.25, 0.3) is 0 Å². The van der Waals surface area contributed by atoms with Gasteiger partial charge in [-0.1, -0.05) is 25.4 Å². The summed E-state index contributed by atoms with van der Waals surface area (Å²) in [5, 5.41) is 3.51. The molecule has 0 aliphatic heterocycles.